The van der Waals surface area contributed by atoms with Crippen LogP contribution < -0.4 is 10.5 Å². The quantitative estimate of drug-likeness (QED) is 0.883. The average Bonchev–Trinajstić information content (AvgIpc) is 3.12. The minimum Gasteiger partial charge on any atom is -0.497 e. The molecule has 2 N–H and O–H groups in total. The first-order valence-electron chi connectivity index (χ1n) is 8.55. The lowest BCUT2D eigenvalue weighted by Crippen LogP contribution is -2.33. The topological polar surface area (TPSA) is 98.4 Å². The largest absolute Gasteiger partial charge is 0.497 e. The third-order valence-corrected chi connectivity index (χ3v) is 4.65. The van der Waals surface area contributed by atoms with Crippen LogP contribution in [-0.2, 0) is 11.2 Å². The van der Waals surface area contributed by atoms with Gasteiger partial charge in [0.2, 0.25) is 5.91 Å². The zero-order valence-corrected chi connectivity index (χ0v) is 14.9. The normalized spacial score (nSPS) is 16.5. The first kappa shape index (κ1) is 17.8. The zero-order valence-electron chi connectivity index (χ0n) is 14.9. The van der Waals surface area contributed by atoms with E-state index in [1.807, 2.05) is 29.2 Å². The fraction of sp³-hybridized carbons (Fsp3) is 0.368. The Hall–Kier alpha value is -2.96. The molecule has 0 aliphatic carbocycles. The second-order valence-corrected chi connectivity index (χ2v) is 6.36. The number of likely N-dealkylation sites (tertiary alicyclic amines) is 1. The van der Waals surface area contributed by atoms with E-state index in [-0.39, 0.29) is 11.9 Å². The summed E-state index contributed by atoms with van der Waals surface area (Å²) in [6.07, 6.45) is 3.48. The number of rotatable bonds is 5. The van der Waals surface area contributed by atoms with Crippen LogP contribution in [0.25, 0.3) is 0 Å². The first-order valence-corrected chi connectivity index (χ1v) is 8.55. The van der Waals surface area contributed by atoms with Crippen LogP contribution in [0.15, 0.2) is 30.5 Å². The van der Waals surface area contributed by atoms with Gasteiger partial charge in [-0.3, -0.25) is 9.59 Å². The summed E-state index contributed by atoms with van der Waals surface area (Å²) in [5.74, 6) is 0.817. The molecule has 1 atom stereocenters. The maximum Gasteiger partial charge on any atom is 0.252 e. The number of amides is 2. The summed E-state index contributed by atoms with van der Waals surface area (Å²) < 4.78 is 5.14. The van der Waals surface area contributed by atoms with Crippen molar-refractivity contribution in [2.45, 2.75) is 32.2 Å². The molecular formula is C19H22N4O3. The van der Waals surface area contributed by atoms with Gasteiger partial charge >= 0.3 is 0 Å². The first-order chi connectivity index (χ1) is 12.5. The van der Waals surface area contributed by atoms with Gasteiger partial charge in [-0.15, -0.1) is 0 Å². The number of aryl methyl sites for hydroxylation is 1. The summed E-state index contributed by atoms with van der Waals surface area (Å²) in [5, 5.41) is 0. The van der Waals surface area contributed by atoms with Crippen LogP contribution in [-0.4, -0.2) is 40.3 Å². The lowest BCUT2D eigenvalue weighted by Gasteiger charge is -2.24. The van der Waals surface area contributed by atoms with Crippen LogP contribution in [0, 0.1) is 6.92 Å². The number of hydrogen-bond donors (Lipinski definition) is 1. The molecule has 2 heterocycles. The Labute approximate surface area is 152 Å². The second kappa shape index (κ2) is 7.51. The maximum atomic E-state index is 12.8. The molecule has 1 saturated heterocycles. The molecule has 136 valence electrons. The molecule has 3 rings (SSSR count). The zero-order chi connectivity index (χ0) is 18.7. The number of hydrogen-bond acceptors (Lipinski definition) is 5. The number of nitrogens with two attached hydrogens (primary N) is 1. The second-order valence-electron chi connectivity index (χ2n) is 6.36. The lowest BCUT2D eigenvalue weighted by molar-refractivity contribution is -0.131. The van der Waals surface area contributed by atoms with Crippen LogP contribution in [0.5, 0.6) is 5.75 Å². The molecule has 2 amide bonds. The average molecular weight is 354 g/mol. The third kappa shape index (κ3) is 3.66. The van der Waals surface area contributed by atoms with E-state index in [1.54, 1.807) is 14.0 Å². The summed E-state index contributed by atoms with van der Waals surface area (Å²) in [6, 6.07) is 7.31. The summed E-state index contributed by atoms with van der Waals surface area (Å²) >= 11 is 0. The number of nitrogens with zero attached hydrogens (tertiary/aromatic N) is 3. The van der Waals surface area contributed by atoms with Gasteiger partial charge < -0.3 is 15.4 Å². The van der Waals surface area contributed by atoms with Gasteiger partial charge in [-0.2, -0.15) is 0 Å². The highest BCUT2D eigenvalue weighted by molar-refractivity contribution is 5.93. The highest BCUT2D eigenvalue weighted by atomic mass is 16.5. The van der Waals surface area contributed by atoms with Crippen LogP contribution in [0.4, 0.5) is 0 Å². The number of methoxy groups -OCH3 is 1. The molecule has 1 fully saturated rings. The van der Waals surface area contributed by atoms with Crippen molar-refractivity contribution in [3.63, 3.8) is 0 Å². The van der Waals surface area contributed by atoms with E-state index in [2.05, 4.69) is 9.97 Å². The number of carbonyl (C=O) groups excluding carboxylic acids is 2. The molecule has 1 aromatic heterocycles. The number of aromatic nitrogens is 2. The van der Waals surface area contributed by atoms with Crippen molar-refractivity contribution in [1.29, 1.82) is 0 Å². The van der Waals surface area contributed by atoms with Gasteiger partial charge in [0.1, 0.15) is 5.75 Å². The molecular weight excluding hydrogens is 332 g/mol. The van der Waals surface area contributed by atoms with E-state index in [4.69, 9.17) is 10.5 Å². The molecule has 7 nitrogen and oxygen atoms in total. The van der Waals surface area contributed by atoms with Gasteiger partial charge in [-0.1, -0.05) is 12.1 Å². The van der Waals surface area contributed by atoms with E-state index in [1.165, 1.54) is 6.20 Å². The Morgan fingerprint density at radius 2 is 2.04 bits per heavy atom. The van der Waals surface area contributed by atoms with Gasteiger partial charge in [0, 0.05) is 12.7 Å². The van der Waals surface area contributed by atoms with Gasteiger partial charge in [0.05, 0.1) is 30.8 Å². The van der Waals surface area contributed by atoms with Crippen molar-refractivity contribution < 1.29 is 14.3 Å². The Kier molecular flexibility index (Phi) is 5.16. The monoisotopic (exact) mass is 354 g/mol. The van der Waals surface area contributed by atoms with Crippen LogP contribution in [0.1, 0.15) is 46.3 Å². The number of benzene rings is 1. The summed E-state index contributed by atoms with van der Waals surface area (Å²) in [4.78, 5) is 34.6. The molecule has 0 saturated carbocycles. The van der Waals surface area contributed by atoms with Crippen molar-refractivity contribution in [2.75, 3.05) is 13.7 Å². The molecule has 0 bridgehead atoms. The molecule has 1 aromatic carbocycles. The minimum absolute atomic E-state index is 0.0397. The van der Waals surface area contributed by atoms with Crippen LogP contribution >= 0.6 is 0 Å². The molecule has 26 heavy (non-hydrogen) atoms. The summed E-state index contributed by atoms with van der Waals surface area (Å²) in [5.41, 5.74) is 7.09. The Bertz CT molecular complexity index is 820. The van der Waals surface area contributed by atoms with Crippen LogP contribution in [0.2, 0.25) is 0 Å². The van der Waals surface area contributed by atoms with Gasteiger partial charge in [0.25, 0.3) is 5.91 Å². The third-order valence-electron chi connectivity index (χ3n) is 4.65. The smallest absolute Gasteiger partial charge is 0.252 e. The van der Waals surface area contributed by atoms with Crippen molar-refractivity contribution in [3.05, 3.63) is 53.1 Å². The van der Waals surface area contributed by atoms with Gasteiger partial charge in [-0.25, -0.2) is 9.97 Å². The lowest BCUT2D eigenvalue weighted by atomic mass is 10.1. The Morgan fingerprint density at radius 3 is 2.65 bits per heavy atom. The van der Waals surface area contributed by atoms with Crippen molar-refractivity contribution >= 4 is 11.8 Å². The summed E-state index contributed by atoms with van der Waals surface area (Å²) in [7, 11) is 1.61. The minimum atomic E-state index is -0.548. The number of ether oxygens (including phenoxy) is 1. The highest BCUT2D eigenvalue weighted by Crippen LogP contribution is 2.30. The van der Waals surface area contributed by atoms with E-state index in [0.717, 1.165) is 24.2 Å². The fourth-order valence-corrected chi connectivity index (χ4v) is 3.24. The highest BCUT2D eigenvalue weighted by Gasteiger charge is 2.32. The summed E-state index contributed by atoms with van der Waals surface area (Å²) in [6.45, 7) is 2.41. The van der Waals surface area contributed by atoms with Gasteiger partial charge in [0.15, 0.2) is 5.82 Å². The number of carbonyl (C=O) groups is 2. The molecule has 0 unspecified atom stereocenters. The Morgan fingerprint density at radius 1 is 1.31 bits per heavy atom. The van der Waals surface area contributed by atoms with Crippen LogP contribution in [0.3, 0.4) is 0 Å². The molecule has 7 heteroatoms. The Balaban J connectivity index is 1.75. The van der Waals surface area contributed by atoms with E-state index in [9.17, 15) is 9.59 Å². The standard InChI is InChI=1S/C19H22N4O3/c1-12-15(18(20)25)11-21-19(22-12)16-4-3-9-23(16)17(24)10-13-5-7-14(26-2)8-6-13/h5-8,11,16H,3-4,9-10H2,1-2H3,(H2,20,25)/t16-/m1/s1. The van der Waals surface area contributed by atoms with E-state index < -0.39 is 5.91 Å². The van der Waals surface area contributed by atoms with E-state index >= 15 is 0 Å². The predicted molar refractivity (Wildman–Crippen MR) is 95.7 cm³/mol. The number of primary amides is 1. The van der Waals surface area contributed by atoms with Crippen molar-refractivity contribution in [3.8, 4) is 5.75 Å². The SMILES string of the molecule is COc1ccc(CC(=O)N2CCC[C@@H]2c2ncc(C(N)=O)c(C)n2)cc1. The van der Waals surface area contributed by atoms with Crippen molar-refractivity contribution in [2.24, 2.45) is 5.73 Å². The molecule has 1 aliphatic rings. The van der Waals surface area contributed by atoms with Gasteiger partial charge in [-0.05, 0) is 37.5 Å². The predicted octanol–water partition coefficient (Wildman–Crippen LogP) is 1.80. The molecule has 2 aromatic rings. The van der Waals surface area contributed by atoms with Crippen molar-refractivity contribution in [1.82, 2.24) is 14.9 Å². The molecule has 0 radical (unpaired) electrons. The molecule has 0 spiro atoms. The molecule has 1 aliphatic heterocycles. The maximum absolute atomic E-state index is 12.8. The fourth-order valence-electron chi connectivity index (χ4n) is 3.24. The van der Waals surface area contributed by atoms with E-state index in [0.29, 0.717) is 30.0 Å².